The Morgan fingerprint density at radius 2 is 1.83 bits per heavy atom. The molecule has 0 saturated carbocycles. The van der Waals surface area contributed by atoms with Gasteiger partial charge in [-0.05, 0) is 11.6 Å². The van der Waals surface area contributed by atoms with Gasteiger partial charge in [0, 0.05) is 7.05 Å². The first-order valence-corrected chi connectivity index (χ1v) is 6.35. The molecule has 122 valence electrons. The van der Waals surface area contributed by atoms with Crippen LogP contribution in [0.25, 0.3) is 0 Å². The van der Waals surface area contributed by atoms with Crippen molar-refractivity contribution < 1.29 is 27.3 Å². The second kappa shape index (κ2) is 6.11. The van der Waals surface area contributed by atoms with Gasteiger partial charge in [0.25, 0.3) is 5.91 Å². The quantitative estimate of drug-likeness (QED) is 0.635. The fourth-order valence-corrected chi connectivity index (χ4v) is 2.10. The molecule has 2 aromatic rings. The molecule has 0 aliphatic rings. The van der Waals surface area contributed by atoms with Crippen LogP contribution in [0, 0.1) is 10.1 Å². The largest absolute Gasteiger partial charge is 0.433 e. The standard InChI is InChI=1S/C14H11F3N2O4/c1-18(13(20)10-7-8-11(23-10)19(21)22)12(14(15,16)17)9-5-3-2-4-6-9/h2-8,12H,1H3/t12-/m0/s1. The minimum absolute atomic E-state index is 0.128. The van der Waals surface area contributed by atoms with Crippen LogP contribution in [0.15, 0.2) is 46.9 Å². The highest BCUT2D eigenvalue weighted by Crippen LogP contribution is 2.37. The van der Waals surface area contributed by atoms with Gasteiger partial charge >= 0.3 is 12.1 Å². The minimum atomic E-state index is -4.72. The summed E-state index contributed by atoms with van der Waals surface area (Å²) in [4.78, 5) is 22.2. The number of nitro groups is 1. The Labute approximate surface area is 128 Å². The van der Waals surface area contributed by atoms with Gasteiger partial charge in [-0.2, -0.15) is 13.2 Å². The molecule has 0 bridgehead atoms. The van der Waals surface area contributed by atoms with Crippen molar-refractivity contribution in [1.29, 1.82) is 0 Å². The summed E-state index contributed by atoms with van der Waals surface area (Å²) in [6.07, 6.45) is -4.72. The van der Waals surface area contributed by atoms with E-state index in [0.29, 0.717) is 4.90 Å². The van der Waals surface area contributed by atoms with Gasteiger partial charge in [-0.25, -0.2) is 0 Å². The van der Waals surface area contributed by atoms with Crippen molar-refractivity contribution in [3.63, 3.8) is 0 Å². The Hall–Kier alpha value is -2.84. The molecule has 1 heterocycles. The molecule has 1 amide bonds. The number of carbonyl (C=O) groups excluding carboxylic acids is 1. The normalized spacial score (nSPS) is 12.7. The van der Waals surface area contributed by atoms with Crippen molar-refractivity contribution >= 4 is 11.8 Å². The number of hydrogen-bond donors (Lipinski definition) is 0. The molecule has 0 N–H and O–H groups in total. The molecule has 2 rings (SSSR count). The van der Waals surface area contributed by atoms with Gasteiger partial charge in [0.05, 0.1) is 6.07 Å². The zero-order valence-electron chi connectivity index (χ0n) is 11.8. The zero-order chi connectivity index (χ0) is 17.2. The lowest BCUT2D eigenvalue weighted by atomic mass is 10.1. The molecular weight excluding hydrogens is 317 g/mol. The van der Waals surface area contributed by atoms with Gasteiger partial charge < -0.3 is 9.32 Å². The predicted octanol–water partition coefficient (Wildman–Crippen LogP) is 3.56. The Morgan fingerprint density at radius 3 is 2.30 bits per heavy atom. The monoisotopic (exact) mass is 328 g/mol. The van der Waals surface area contributed by atoms with Crippen LogP contribution in [-0.4, -0.2) is 29.0 Å². The van der Waals surface area contributed by atoms with E-state index < -0.39 is 34.7 Å². The summed E-state index contributed by atoms with van der Waals surface area (Å²) in [7, 11) is 0.960. The van der Waals surface area contributed by atoms with E-state index in [4.69, 9.17) is 0 Å². The summed E-state index contributed by atoms with van der Waals surface area (Å²) in [5, 5.41) is 10.5. The molecule has 1 atom stereocenters. The van der Waals surface area contributed by atoms with Crippen molar-refractivity contribution in [2.45, 2.75) is 12.2 Å². The molecule has 0 radical (unpaired) electrons. The molecule has 0 aliphatic carbocycles. The highest BCUT2D eigenvalue weighted by atomic mass is 19.4. The van der Waals surface area contributed by atoms with Gasteiger partial charge in [0.2, 0.25) is 0 Å². The Balaban J connectivity index is 2.35. The molecule has 0 saturated heterocycles. The number of alkyl halides is 3. The third kappa shape index (κ3) is 3.50. The van der Waals surface area contributed by atoms with E-state index in [1.54, 1.807) is 6.07 Å². The molecule has 0 aliphatic heterocycles. The minimum Gasteiger partial charge on any atom is -0.395 e. The van der Waals surface area contributed by atoms with Crippen LogP contribution in [-0.2, 0) is 0 Å². The van der Waals surface area contributed by atoms with Crippen molar-refractivity contribution in [1.82, 2.24) is 4.90 Å². The van der Waals surface area contributed by atoms with Crippen LogP contribution in [0.4, 0.5) is 19.1 Å². The zero-order valence-corrected chi connectivity index (χ0v) is 11.8. The Morgan fingerprint density at radius 1 is 1.22 bits per heavy atom. The Kier molecular flexibility index (Phi) is 4.39. The highest BCUT2D eigenvalue weighted by Gasteiger charge is 2.45. The first-order chi connectivity index (χ1) is 10.7. The number of furan rings is 1. The summed E-state index contributed by atoms with van der Waals surface area (Å²) in [6.45, 7) is 0. The molecule has 0 spiro atoms. The van der Waals surface area contributed by atoms with E-state index in [9.17, 15) is 28.1 Å². The second-order valence-corrected chi connectivity index (χ2v) is 4.67. The molecule has 0 fully saturated rings. The lowest BCUT2D eigenvalue weighted by Gasteiger charge is -2.29. The summed E-state index contributed by atoms with van der Waals surface area (Å²) >= 11 is 0. The smallest absolute Gasteiger partial charge is 0.395 e. The fraction of sp³-hybridized carbons (Fsp3) is 0.214. The second-order valence-electron chi connectivity index (χ2n) is 4.67. The maximum absolute atomic E-state index is 13.3. The predicted molar refractivity (Wildman–Crippen MR) is 72.7 cm³/mol. The number of carbonyl (C=O) groups is 1. The van der Waals surface area contributed by atoms with Crippen LogP contribution in [0.2, 0.25) is 0 Å². The molecule has 1 aromatic carbocycles. The van der Waals surface area contributed by atoms with Crippen molar-refractivity contribution in [3.8, 4) is 0 Å². The van der Waals surface area contributed by atoms with Crippen LogP contribution in [0.3, 0.4) is 0 Å². The highest BCUT2D eigenvalue weighted by molar-refractivity contribution is 5.92. The van der Waals surface area contributed by atoms with Gasteiger partial charge in [0.1, 0.15) is 4.92 Å². The fourth-order valence-electron chi connectivity index (χ4n) is 2.10. The third-order valence-electron chi connectivity index (χ3n) is 3.12. The van der Waals surface area contributed by atoms with E-state index >= 15 is 0 Å². The molecule has 6 nitrogen and oxygen atoms in total. The maximum atomic E-state index is 13.3. The van der Waals surface area contributed by atoms with Crippen molar-refractivity contribution in [2.75, 3.05) is 7.05 Å². The lowest BCUT2D eigenvalue weighted by molar-refractivity contribution is -0.402. The summed E-state index contributed by atoms with van der Waals surface area (Å²) < 4.78 is 44.7. The van der Waals surface area contributed by atoms with Crippen LogP contribution in [0.1, 0.15) is 22.2 Å². The molecule has 9 heteroatoms. The average Bonchev–Trinajstić information content (AvgIpc) is 2.96. The van der Waals surface area contributed by atoms with E-state index in [0.717, 1.165) is 19.2 Å². The number of nitrogens with zero attached hydrogens (tertiary/aromatic N) is 2. The maximum Gasteiger partial charge on any atom is 0.433 e. The van der Waals surface area contributed by atoms with Crippen LogP contribution < -0.4 is 0 Å². The number of halogens is 3. The topological polar surface area (TPSA) is 76.6 Å². The van der Waals surface area contributed by atoms with Crippen LogP contribution >= 0.6 is 0 Å². The number of hydrogen-bond acceptors (Lipinski definition) is 4. The average molecular weight is 328 g/mol. The number of amides is 1. The van der Waals surface area contributed by atoms with Gasteiger partial charge in [0.15, 0.2) is 11.8 Å². The molecule has 0 unspecified atom stereocenters. The molecular formula is C14H11F3N2O4. The number of rotatable bonds is 4. The van der Waals surface area contributed by atoms with E-state index in [1.165, 1.54) is 24.3 Å². The third-order valence-corrected chi connectivity index (χ3v) is 3.12. The first kappa shape index (κ1) is 16.5. The Bertz CT molecular complexity index is 712. The van der Waals surface area contributed by atoms with E-state index in [2.05, 4.69) is 4.42 Å². The first-order valence-electron chi connectivity index (χ1n) is 6.35. The van der Waals surface area contributed by atoms with Gasteiger partial charge in [-0.15, -0.1) is 0 Å². The SMILES string of the molecule is CN(C(=O)c1ccc([N+](=O)[O-])o1)[C@@H](c1ccccc1)C(F)(F)F. The van der Waals surface area contributed by atoms with Gasteiger partial charge in [-0.3, -0.25) is 14.9 Å². The van der Waals surface area contributed by atoms with Crippen molar-refractivity contribution in [3.05, 3.63) is 63.9 Å². The molecule has 23 heavy (non-hydrogen) atoms. The molecule has 1 aromatic heterocycles. The van der Waals surface area contributed by atoms with E-state index in [1.807, 2.05) is 0 Å². The van der Waals surface area contributed by atoms with Gasteiger partial charge in [-0.1, -0.05) is 30.3 Å². The number of benzene rings is 1. The summed E-state index contributed by atoms with van der Waals surface area (Å²) in [5.41, 5.74) is -0.128. The van der Waals surface area contributed by atoms with E-state index in [-0.39, 0.29) is 5.56 Å². The summed E-state index contributed by atoms with van der Waals surface area (Å²) in [6, 6.07) is 6.56. The van der Waals surface area contributed by atoms with Crippen molar-refractivity contribution in [2.24, 2.45) is 0 Å². The lowest BCUT2D eigenvalue weighted by Crippen LogP contribution is -2.39. The summed E-state index contributed by atoms with van der Waals surface area (Å²) in [5.74, 6) is -2.36. The van der Waals surface area contributed by atoms with Crippen LogP contribution in [0.5, 0.6) is 0 Å².